The quantitative estimate of drug-likeness (QED) is 0.917. The molecule has 0 saturated heterocycles. The molecule has 106 valence electrons. The molecule has 2 rings (SSSR count). The Morgan fingerprint density at radius 2 is 1.85 bits per heavy atom. The number of benzene rings is 1. The Kier molecular flexibility index (Phi) is 4.74. The molecule has 0 radical (unpaired) electrons. The average Bonchev–Trinajstić information content (AvgIpc) is 2.45. The van der Waals surface area contributed by atoms with Crippen molar-refractivity contribution in [3.05, 3.63) is 41.2 Å². The largest absolute Gasteiger partial charge is 0.347 e. The molecule has 0 aliphatic heterocycles. The maximum absolute atomic E-state index is 5.94. The van der Waals surface area contributed by atoms with Crippen molar-refractivity contribution in [2.24, 2.45) is 0 Å². The van der Waals surface area contributed by atoms with Gasteiger partial charge in [0.25, 0.3) is 0 Å². The highest BCUT2D eigenvalue weighted by atomic mass is 35.5. The summed E-state index contributed by atoms with van der Waals surface area (Å²) in [6.45, 7) is 2.11. The molecule has 1 atom stereocenters. The van der Waals surface area contributed by atoms with Crippen LogP contribution in [0.25, 0.3) is 0 Å². The molecule has 0 spiro atoms. The van der Waals surface area contributed by atoms with Gasteiger partial charge in [0, 0.05) is 14.1 Å². The zero-order valence-electron chi connectivity index (χ0n) is 11.8. The van der Waals surface area contributed by atoms with Gasteiger partial charge >= 0.3 is 0 Å². The van der Waals surface area contributed by atoms with Crippen LogP contribution >= 0.6 is 11.6 Å². The molecular weight excluding hydrogens is 274 g/mol. The molecule has 0 saturated carbocycles. The van der Waals surface area contributed by atoms with Crippen LogP contribution in [-0.4, -0.2) is 29.0 Å². The Hall–Kier alpha value is -1.88. The average molecular weight is 292 g/mol. The molecule has 0 bridgehead atoms. The number of anilines is 2. The Morgan fingerprint density at radius 3 is 2.45 bits per heavy atom. The van der Waals surface area contributed by atoms with E-state index >= 15 is 0 Å². The van der Waals surface area contributed by atoms with Gasteiger partial charge in [-0.15, -0.1) is 0 Å². The molecular formula is C14H18ClN5. The molecule has 0 amide bonds. The summed E-state index contributed by atoms with van der Waals surface area (Å²) in [7, 11) is 3.73. The second kappa shape index (κ2) is 6.52. The van der Waals surface area contributed by atoms with Crippen LogP contribution < -0.4 is 10.2 Å². The first kappa shape index (κ1) is 14.5. The predicted octanol–water partition coefficient (Wildman–Crippen LogP) is 3.15. The maximum atomic E-state index is 5.94. The van der Waals surface area contributed by atoms with Gasteiger partial charge in [0.1, 0.15) is 0 Å². The normalized spacial score (nSPS) is 12.0. The van der Waals surface area contributed by atoms with Gasteiger partial charge in [0.2, 0.25) is 17.2 Å². The molecule has 6 heteroatoms. The maximum Gasteiger partial charge on any atom is 0.230 e. The molecule has 1 aromatic heterocycles. The van der Waals surface area contributed by atoms with E-state index in [4.69, 9.17) is 11.6 Å². The second-order valence-electron chi connectivity index (χ2n) is 4.64. The van der Waals surface area contributed by atoms with Crippen LogP contribution in [0.2, 0.25) is 5.28 Å². The number of halogens is 1. The van der Waals surface area contributed by atoms with E-state index in [1.165, 1.54) is 5.56 Å². The summed E-state index contributed by atoms with van der Waals surface area (Å²) < 4.78 is 0. The first-order chi connectivity index (χ1) is 9.60. The lowest BCUT2D eigenvalue weighted by molar-refractivity contribution is 0.735. The lowest BCUT2D eigenvalue weighted by atomic mass is 10.1. The summed E-state index contributed by atoms with van der Waals surface area (Å²) in [6.07, 6.45) is 0.921. The van der Waals surface area contributed by atoms with Crippen molar-refractivity contribution in [2.75, 3.05) is 24.3 Å². The summed E-state index contributed by atoms with van der Waals surface area (Å²) in [5.41, 5.74) is 1.19. The summed E-state index contributed by atoms with van der Waals surface area (Å²) in [5.74, 6) is 1.03. The smallest absolute Gasteiger partial charge is 0.230 e. The van der Waals surface area contributed by atoms with Crippen LogP contribution in [0, 0.1) is 0 Å². The zero-order valence-corrected chi connectivity index (χ0v) is 12.6. The van der Waals surface area contributed by atoms with Gasteiger partial charge in [0.05, 0.1) is 6.04 Å². The number of hydrogen-bond donors (Lipinski definition) is 1. The fourth-order valence-electron chi connectivity index (χ4n) is 1.87. The lowest BCUT2D eigenvalue weighted by Crippen LogP contribution is -2.17. The van der Waals surface area contributed by atoms with Crippen LogP contribution in [0.3, 0.4) is 0 Å². The summed E-state index contributed by atoms with van der Waals surface area (Å²) in [5, 5.41) is 3.50. The second-order valence-corrected chi connectivity index (χ2v) is 4.98. The van der Waals surface area contributed by atoms with Crippen molar-refractivity contribution in [2.45, 2.75) is 19.4 Å². The van der Waals surface area contributed by atoms with E-state index < -0.39 is 0 Å². The van der Waals surface area contributed by atoms with E-state index in [2.05, 4.69) is 39.3 Å². The molecule has 20 heavy (non-hydrogen) atoms. The monoisotopic (exact) mass is 291 g/mol. The minimum atomic E-state index is 0.143. The summed E-state index contributed by atoms with van der Waals surface area (Å²) >= 11 is 5.94. The van der Waals surface area contributed by atoms with Gasteiger partial charge in [-0.25, -0.2) is 0 Å². The molecule has 5 nitrogen and oxygen atoms in total. The number of nitrogens with one attached hydrogen (secondary N) is 1. The molecule has 1 heterocycles. The van der Waals surface area contributed by atoms with Crippen molar-refractivity contribution in [1.29, 1.82) is 0 Å². The van der Waals surface area contributed by atoms with Crippen molar-refractivity contribution in [1.82, 2.24) is 15.0 Å². The number of rotatable bonds is 5. The van der Waals surface area contributed by atoms with Crippen LogP contribution in [0.5, 0.6) is 0 Å². The fourth-order valence-corrected chi connectivity index (χ4v) is 2.02. The zero-order chi connectivity index (χ0) is 14.5. The Morgan fingerprint density at radius 1 is 1.15 bits per heavy atom. The van der Waals surface area contributed by atoms with Gasteiger partial charge < -0.3 is 10.2 Å². The van der Waals surface area contributed by atoms with Gasteiger partial charge in [0.15, 0.2) is 0 Å². The predicted molar refractivity (Wildman–Crippen MR) is 82.3 cm³/mol. The molecule has 0 fully saturated rings. The summed E-state index contributed by atoms with van der Waals surface area (Å²) in [6, 6.07) is 10.3. The molecule has 1 unspecified atom stereocenters. The number of nitrogens with zero attached hydrogens (tertiary/aromatic N) is 4. The van der Waals surface area contributed by atoms with Crippen LogP contribution in [0.1, 0.15) is 24.9 Å². The van der Waals surface area contributed by atoms with Crippen LogP contribution in [0.4, 0.5) is 11.9 Å². The third-order valence-corrected chi connectivity index (χ3v) is 3.08. The number of hydrogen-bond acceptors (Lipinski definition) is 5. The highest BCUT2D eigenvalue weighted by Gasteiger charge is 2.12. The van der Waals surface area contributed by atoms with Gasteiger partial charge in [-0.2, -0.15) is 15.0 Å². The van der Waals surface area contributed by atoms with E-state index in [1.54, 1.807) is 4.90 Å². The highest BCUT2D eigenvalue weighted by molar-refractivity contribution is 6.28. The standard InChI is InChI=1S/C14H18ClN5/c1-4-11(10-8-6-5-7-9-10)16-13-17-12(15)18-14(19-13)20(2)3/h5-9,11H,4H2,1-3H3,(H,16,17,18,19). The van der Waals surface area contributed by atoms with Crippen LogP contribution in [0.15, 0.2) is 30.3 Å². The third kappa shape index (κ3) is 3.57. The van der Waals surface area contributed by atoms with E-state index in [0.717, 1.165) is 6.42 Å². The van der Waals surface area contributed by atoms with Gasteiger partial charge in [-0.05, 0) is 23.6 Å². The van der Waals surface area contributed by atoms with Crippen molar-refractivity contribution >= 4 is 23.5 Å². The highest BCUT2D eigenvalue weighted by Crippen LogP contribution is 2.21. The minimum absolute atomic E-state index is 0.143. The van der Waals surface area contributed by atoms with E-state index in [0.29, 0.717) is 11.9 Å². The third-order valence-electron chi connectivity index (χ3n) is 2.91. The molecule has 0 aliphatic rings. The molecule has 0 aliphatic carbocycles. The molecule has 1 aromatic carbocycles. The Labute approximate surface area is 124 Å². The Bertz CT molecular complexity index is 559. The van der Waals surface area contributed by atoms with Crippen molar-refractivity contribution in [3.8, 4) is 0 Å². The summed E-state index contributed by atoms with van der Waals surface area (Å²) in [4.78, 5) is 14.4. The first-order valence-corrected chi connectivity index (χ1v) is 6.88. The van der Waals surface area contributed by atoms with E-state index in [-0.39, 0.29) is 11.3 Å². The van der Waals surface area contributed by atoms with Crippen LogP contribution in [-0.2, 0) is 0 Å². The van der Waals surface area contributed by atoms with Gasteiger partial charge in [-0.3, -0.25) is 0 Å². The van der Waals surface area contributed by atoms with Crippen molar-refractivity contribution < 1.29 is 0 Å². The van der Waals surface area contributed by atoms with Gasteiger partial charge in [-0.1, -0.05) is 37.3 Å². The molecule has 1 N–H and O–H groups in total. The van der Waals surface area contributed by atoms with Crippen molar-refractivity contribution in [3.63, 3.8) is 0 Å². The van der Waals surface area contributed by atoms with E-state index in [9.17, 15) is 0 Å². The fraction of sp³-hybridized carbons (Fsp3) is 0.357. The first-order valence-electron chi connectivity index (χ1n) is 6.50. The minimum Gasteiger partial charge on any atom is -0.347 e. The topological polar surface area (TPSA) is 53.9 Å². The van der Waals surface area contributed by atoms with E-state index in [1.807, 2.05) is 32.3 Å². The lowest BCUT2D eigenvalue weighted by Gasteiger charge is -2.18. The Balaban J connectivity index is 2.24. The molecule has 2 aromatic rings. The number of aromatic nitrogens is 3. The SMILES string of the molecule is CCC(Nc1nc(Cl)nc(N(C)C)n1)c1ccccc1.